The standard InChI is InChI=1S/C36H27BrClFN2O5S/c1-3-45-35(43)30-31(23-7-5-4-6-8-23)40-36-41(32(30)24-11-13-25(38)14-12-24)34(42)29(47-36)19-22-17-27(37)33(28(18-22)44-2)46-20-21-9-15-26(39)16-10-21/h4-19,32H,3,20H2,1-2H3/b29-19-/t32-/m0/s1. The first-order chi connectivity index (χ1) is 22.8. The lowest BCUT2D eigenvalue weighted by Gasteiger charge is -2.25. The summed E-state index contributed by atoms with van der Waals surface area (Å²) in [5.74, 6) is 0.0181. The average Bonchev–Trinajstić information content (AvgIpc) is 3.38. The van der Waals surface area contributed by atoms with E-state index in [2.05, 4.69) is 15.9 Å². The molecule has 0 aliphatic carbocycles. The number of carbonyl (C=O) groups excluding carboxylic acids is 1. The Hall–Kier alpha value is -4.51. The van der Waals surface area contributed by atoms with Crippen molar-refractivity contribution >= 4 is 56.6 Å². The number of rotatable bonds is 9. The number of fused-ring (bicyclic) bond motifs is 1. The SMILES string of the molecule is CCOC(=O)C1=C(c2ccccc2)N=c2s/c(=C\c3cc(Br)c(OCc4ccc(F)cc4)c(OC)c3)c(=O)n2[C@H]1c1ccc(Cl)cc1. The van der Waals surface area contributed by atoms with Gasteiger partial charge in [0.2, 0.25) is 0 Å². The number of hydrogen-bond acceptors (Lipinski definition) is 7. The fourth-order valence-corrected chi connectivity index (χ4v) is 6.95. The fourth-order valence-electron chi connectivity index (χ4n) is 5.25. The van der Waals surface area contributed by atoms with Crippen LogP contribution in [0.4, 0.5) is 4.39 Å². The molecule has 7 nitrogen and oxygen atoms in total. The number of aromatic nitrogens is 1. The number of ether oxygens (including phenoxy) is 3. The molecule has 4 aromatic carbocycles. The zero-order valence-electron chi connectivity index (χ0n) is 25.2. The number of halogens is 3. The van der Waals surface area contributed by atoms with Gasteiger partial charge in [-0.05, 0) is 82.0 Å². The van der Waals surface area contributed by atoms with Crippen molar-refractivity contribution in [2.45, 2.75) is 19.6 Å². The van der Waals surface area contributed by atoms with Crippen LogP contribution in [0.2, 0.25) is 5.02 Å². The monoisotopic (exact) mass is 732 g/mol. The van der Waals surface area contributed by atoms with Crippen LogP contribution in [0.15, 0.2) is 111 Å². The molecule has 0 amide bonds. The predicted octanol–water partition coefficient (Wildman–Crippen LogP) is 7.08. The molecular weight excluding hydrogens is 707 g/mol. The molecule has 6 rings (SSSR count). The average molecular weight is 734 g/mol. The van der Waals surface area contributed by atoms with Crippen LogP contribution in [0.3, 0.4) is 0 Å². The molecule has 5 aromatic rings. The molecule has 11 heteroatoms. The molecule has 0 radical (unpaired) electrons. The molecule has 0 unspecified atom stereocenters. The first-order valence-electron chi connectivity index (χ1n) is 14.6. The molecule has 2 heterocycles. The van der Waals surface area contributed by atoms with Gasteiger partial charge in [0.15, 0.2) is 16.3 Å². The van der Waals surface area contributed by atoms with Gasteiger partial charge in [-0.3, -0.25) is 9.36 Å². The van der Waals surface area contributed by atoms with Gasteiger partial charge in [0, 0.05) is 10.6 Å². The van der Waals surface area contributed by atoms with Gasteiger partial charge < -0.3 is 14.2 Å². The Kier molecular flexibility index (Phi) is 9.72. The number of nitrogens with zero attached hydrogens (tertiary/aromatic N) is 2. The van der Waals surface area contributed by atoms with E-state index in [0.717, 1.165) is 11.1 Å². The van der Waals surface area contributed by atoms with E-state index in [9.17, 15) is 14.0 Å². The second kappa shape index (κ2) is 14.1. The van der Waals surface area contributed by atoms with Crippen molar-refractivity contribution in [3.05, 3.63) is 154 Å². The Balaban J connectivity index is 1.48. The quantitative estimate of drug-likeness (QED) is 0.152. The Morgan fingerprint density at radius 1 is 1.06 bits per heavy atom. The minimum absolute atomic E-state index is 0.155. The summed E-state index contributed by atoms with van der Waals surface area (Å²) < 4.78 is 33.0. The molecule has 1 aromatic heterocycles. The molecule has 0 N–H and O–H groups in total. The Morgan fingerprint density at radius 3 is 2.47 bits per heavy atom. The summed E-state index contributed by atoms with van der Waals surface area (Å²) in [6, 6.07) is 25.2. The van der Waals surface area contributed by atoms with E-state index in [1.54, 1.807) is 55.5 Å². The first-order valence-corrected chi connectivity index (χ1v) is 16.5. The number of esters is 1. The lowest BCUT2D eigenvalue weighted by molar-refractivity contribution is -0.138. The van der Waals surface area contributed by atoms with E-state index >= 15 is 0 Å². The second-order valence-corrected chi connectivity index (χ2v) is 12.7. The van der Waals surface area contributed by atoms with E-state index in [0.29, 0.717) is 47.2 Å². The molecule has 1 aliphatic heterocycles. The number of hydrogen-bond donors (Lipinski definition) is 0. The number of carbonyl (C=O) groups is 1. The van der Waals surface area contributed by atoms with Gasteiger partial charge >= 0.3 is 5.97 Å². The van der Waals surface area contributed by atoms with E-state index in [1.807, 2.05) is 36.4 Å². The third-order valence-electron chi connectivity index (χ3n) is 7.41. The fraction of sp³-hybridized carbons (Fsp3) is 0.139. The van der Waals surface area contributed by atoms with Crippen LogP contribution in [0.1, 0.15) is 35.2 Å². The Bertz CT molecular complexity index is 2160. The van der Waals surface area contributed by atoms with Crippen molar-refractivity contribution in [3.63, 3.8) is 0 Å². The Labute approximate surface area is 287 Å². The maximum atomic E-state index is 14.2. The first kappa shape index (κ1) is 32.4. The largest absolute Gasteiger partial charge is 0.493 e. The molecule has 0 bridgehead atoms. The van der Waals surface area contributed by atoms with E-state index in [4.69, 9.17) is 30.8 Å². The molecule has 1 atom stereocenters. The van der Waals surface area contributed by atoms with Crippen molar-refractivity contribution < 1.29 is 23.4 Å². The third-order valence-corrected chi connectivity index (χ3v) is 9.23. The van der Waals surface area contributed by atoms with E-state index in [1.165, 1.54) is 35.1 Å². The minimum atomic E-state index is -0.816. The van der Waals surface area contributed by atoms with Crippen molar-refractivity contribution in [1.82, 2.24) is 4.57 Å². The van der Waals surface area contributed by atoms with Crippen molar-refractivity contribution in [2.24, 2.45) is 4.99 Å². The van der Waals surface area contributed by atoms with Crippen molar-refractivity contribution in [3.8, 4) is 11.5 Å². The molecule has 238 valence electrons. The van der Waals surface area contributed by atoms with Crippen LogP contribution in [-0.2, 0) is 16.1 Å². The predicted molar refractivity (Wildman–Crippen MR) is 184 cm³/mol. The zero-order valence-corrected chi connectivity index (χ0v) is 28.4. The highest BCUT2D eigenvalue weighted by atomic mass is 79.9. The van der Waals surface area contributed by atoms with Gasteiger partial charge in [-0.1, -0.05) is 77.5 Å². The number of thiazole rings is 1. The molecule has 0 fully saturated rings. The molecule has 0 saturated heterocycles. The molecule has 0 spiro atoms. The highest BCUT2D eigenvalue weighted by Gasteiger charge is 2.35. The third kappa shape index (κ3) is 6.81. The van der Waals surface area contributed by atoms with Crippen molar-refractivity contribution in [1.29, 1.82) is 0 Å². The van der Waals surface area contributed by atoms with Gasteiger partial charge in [0.05, 0.1) is 40.0 Å². The van der Waals surface area contributed by atoms with Crippen molar-refractivity contribution in [2.75, 3.05) is 13.7 Å². The number of methoxy groups -OCH3 is 1. The van der Waals surface area contributed by atoms with Crippen LogP contribution in [0.5, 0.6) is 11.5 Å². The minimum Gasteiger partial charge on any atom is -0.493 e. The summed E-state index contributed by atoms with van der Waals surface area (Å²) in [5, 5.41) is 0.524. The van der Waals surface area contributed by atoms with Crippen LogP contribution in [0.25, 0.3) is 11.8 Å². The summed E-state index contributed by atoms with van der Waals surface area (Å²) in [5.41, 5.74) is 3.23. The molecule has 0 saturated carbocycles. The van der Waals surface area contributed by atoms with Gasteiger partial charge in [-0.2, -0.15) is 0 Å². The topological polar surface area (TPSA) is 79.1 Å². The maximum absolute atomic E-state index is 14.2. The normalized spacial score (nSPS) is 14.4. The molecule has 1 aliphatic rings. The summed E-state index contributed by atoms with van der Waals surface area (Å²) in [6.45, 7) is 2.09. The van der Waals surface area contributed by atoms with Gasteiger partial charge in [-0.15, -0.1) is 0 Å². The molecular formula is C36H27BrClFN2O5S. The lowest BCUT2D eigenvalue weighted by Crippen LogP contribution is -2.40. The summed E-state index contributed by atoms with van der Waals surface area (Å²) >= 11 is 11.0. The second-order valence-electron chi connectivity index (χ2n) is 10.4. The number of benzene rings is 4. The zero-order chi connectivity index (χ0) is 33.1. The van der Waals surface area contributed by atoms with Gasteiger partial charge in [0.1, 0.15) is 12.4 Å². The van der Waals surface area contributed by atoms with Crippen LogP contribution >= 0.6 is 38.9 Å². The molecule has 47 heavy (non-hydrogen) atoms. The van der Waals surface area contributed by atoms with Crippen LogP contribution in [-0.4, -0.2) is 24.3 Å². The summed E-state index contributed by atoms with van der Waals surface area (Å²) in [6.07, 6.45) is 1.75. The van der Waals surface area contributed by atoms with Gasteiger partial charge in [-0.25, -0.2) is 14.2 Å². The summed E-state index contributed by atoms with van der Waals surface area (Å²) in [4.78, 5) is 33.1. The van der Waals surface area contributed by atoms with E-state index < -0.39 is 12.0 Å². The van der Waals surface area contributed by atoms with Crippen LogP contribution < -0.4 is 24.4 Å². The highest BCUT2D eigenvalue weighted by Crippen LogP contribution is 2.38. The lowest BCUT2D eigenvalue weighted by atomic mass is 9.93. The smallest absolute Gasteiger partial charge is 0.338 e. The van der Waals surface area contributed by atoms with E-state index in [-0.39, 0.29) is 30.2 Å². The van der Waals surface area contributed by atoms with Crippen LogP contribution in [0, 0.1) is 5.82 Å². The Morgan fingerprint density at radius 2 is 1.79 bits per heavy atom. The highest BCUT2D eigenvalue weighted by molar-refractivity contribution is 9.10. The maximum Gasteiger partial charge on any atom is 0.338 e. The summed E-state index contributed by atoms with van der Waals surface area (Å²) in [7, 11) is 1.53. The van der Waals surface area contributed by atoms with Gasteiger partial charge in [0.25, 0.3) is 5.56 Å².